The number of nitrogens with zero attached hydrogens (tertiary/aromatic N) is 1. The Hall–Kier alpha value is -1.57. The van der Waals surface area contributed by atoms with E-state index < -0.39 is 11.6 Å². The minimum absolute atomic E-state index is 0. The number of nitrogens with one attached hydrogen (secondary N) is 1. The average Bonchev–Trinajstić information content (AvgIpc) is 2.88. The number of carbonyl (C=O) groups excluding carboxylic acids is 1. The van der Waals surface area contributed by atoms with Crippen LogP contribution in [0.1, 0.15) is 30.2 Å². The van der Waals surface area contributed by atoms with Crippen LogP contribution in [0.25, 0.3) is 0 Å². The molecule has 4 nitrogen and oxygen atoms in total. The Morgan fingerprint density at radius 3 is 2.78 bits per heavy atom. The molecule has 1 atom stereocenters. The van der Waals surface area contributed by atoms with Crippen molar-refractivity contribution in [2.45, 2.75) is 32.2 Å². The molecule has 2 aromatic rings. The predicted molar refractivity (Wildman–Crippen MR) is 90.0 cm³/mol. The van der Waals surface area contributed by atoms with Gasteiger partial charge in [-0.25, -0.2) is 13.8 Å². The van der Waals surface area contributed by atoms with Gasteiger partial charge in [-0.15, -0.1) is 23.7 Å². The molecule has 0 aliphatic carbocycles. The topological polar surface area (TPSA) is 68.0 Å². The monoisotopic (exact) mass is 361 g/mol. The van der Waals surface area contributed by atoms with Crippen molar-refractivity contribution in [2.24, 2.45) is 5.73 Å². The molecule has 0 saturated heterocycles. The number of carbonyl (C=O) groups is 1. The summed E-state index contributed by atoms with van der Waals surface area (Å²) in [7, 11) is 0. The van der Waals surface area contributed by atoms with Crippen LogP contribution in [0.5, 0.6) is 0 Å². The number of nitrogens with two attached hydrogens (primary N) is 1. The highest BCUT2D eigenvalue weighted by Crippen LogP contribution is 2.22. The fourth-order valence-corrected chi connectivity index (χ4v) is 2.70. The van der Waals surface area contributed by atoms with E-state index in [2.05, 4.69) is 10.3 Å². The quantitative estimate of drug-likeness (QED) is 0.827. The lowest BCUT2D eigenvalue weighted by atomic mass is 10.1. The van der Waals surface area contributed by atoms with E-state index in [-0.39, 0.29) is 24.4 Å². The molecule has 1 aromatic heterocycles. The minimum atomic E-state index is -0.869. The zero-order chi connectivity index (χ0) is 16.1. The molecule has 0 aliphatic heterocycles. The van der Waals surface area contributed by atoms with Gasteiger partial charge >= 0.3 is 0 Å². The maximum absolute atomic E-state index is 13.2. The summed E-state index contributed by atoms with van der Waals surface area (Å²) < 4.78 is 26.0. The Kier molecular flexibility index (Phi) is 7.54. The van der Waals surface area contributed by atoms with Crippen LogP contribution in [0.3, 0.4) is 0 Å². The molecule has 8 heteroatoms. The maximum Gasteiger partial charge on any atom is 0.226 e. The number of benzene rings is 1. The Morgan fingerprint density at radius 1 is 1.39 bits per heavy atom. The Labute approximate surface area is 143 Å². The third kappa shape index (κ3) is 6.21. The summed E-state index contributed by atoms with van der Waals surface area (Å²) in [6, 6.07) is 3.77. The number of anilines is 1. The Bertz CT molecular complexity index is 664. The predicted octanol–water partition coefficient (Wildman–Crippen LogP) is 3.50. The van der Waals surface area contributed by atoms with Gasteiger partial charge in [0.1, 0.15) is 0 Å². The molecule has 3 N–H and O–H groups in total. The molecule has 0 aliphatic rings. The van der Waals surface area contributed by atoms with Gasteiger partial charge in [0.05, 0.1) is 0 Å². The van der Waals surface area contributed by atoms with Crippen LogP contribution < -0.4 is 11.1 Å². The molecule has 0 saturated carbocycles. The molecule has 1 amide bonds. The number of aromatic nitrogens is 1. The third-order valence-electron chi connectivity index (χ3n) is 2.99. The van der Waals surface area contributed by atoms with E-state index in [1.54, 1.807) is 6.20 Å². The molecular formula is C15H18ClF2N3OS. The van der Waals surface area contributed by atoms with Crippen molar-refractivity contribution in [2.75, 3.05) is 5.32 Å². The Balaban J connectivity index is 0.00000264. The number of hydrogen-bond donors (Lipinski definition) is 2. The first-order valence-electron chi connectivity index (χ1n) is 6.88. The summed E-state index contributed by atoms with van der Waals surface area (Å²) in [5.41, 5.74) is 6.25. The van der Waals surface area contributed by atoms with Gasteiger partial charge in [-0.05, 0) is 31.0 Å². The van der Waals surface area contributed by atoms with E-state index in [0.717, 1.165) is 17.0 Å². The molecule has 2 rings (SSSR count). The van der Waals surface area contributed by atoms with Crippen molar-refractivity contribution in [3.8, 4) is 0 Å². The number of hydrogen-bond acceptors (Lipinski definition) is 4. The summed E-state index contributed by atoms with van der Waals surface area (Å²) in [6.45, 7) is 1.84. The second-order valence-electron chi connectivity index (χ2n) is 5.12. The third-order valence-corrected chi connectivity index (χ3v) is 3.90. The summed E-state index contributed by atoms with van der Waals surface area (Å²) in [5, 5.41) is 3.20. The zero-order valence-electron chi connectivity index (χ0n) is 12.5. The van der Waals surface area contributed by atoms with Gasteiger partial charge in [-0.2, -0.15) is 0 Å². The van der Waals surface area contributed by atoms with Gasteiger partial charge < -0.3 is 11.1 Å². The van der Waals surface area contributed by atoms with E-state index in [1.807, 2.05) is 6.92 Å². The molecular weight excluding hydrogens is 344 g/mol. The number of amides is 1. The van der Waals surface area contributed by atoms with Crippen molar-refractivity contribution < 1.29 is 13.6 Å². The van der Waals surface area contributed by atoms with Crippen LogP contribution in [0.15, 0.2) is 24.4 Å². The van der Waals surface area contributed by atoms with Crippen molar-refractivity contribution >= 4 is 34.8 Å². The van der Waals surface area contributed by atoms with Crippen LogP contribution >= 0.6 is 23.7 Å². The summed E-state index contributed by atoms with van der Waals surface area (Å²) in [4.78, 5) is 16.6. The van der Waals surface area contributed by atoms with Crippen LogP contribution in [-0.2, 0) is 11.2 Å². The number of rotatable bonds is 6. The maximum atomic E-state index is 13.2. The summed E-state index contributed by atoms with van der Waals surface area (Å²) >= 11 is 1.31. The highest BCUT2D eigenvalue weighted by molar-refractivity contribution is 7.15. The van der Waals surface area contributed by atoms with Gasteiger partial charge in [0.2, 0.25) is 5.91 Å². The molecule has 1 unspecified atom stereocenters. The lowest BCUT2D eigenvalue weighted by Gasteiger charge is -2.04. The van der Waals surface area contributed by atoms with E-state index in [0.29, 0.717) is 30.0 Å². The van der Waals surface area contributed by atoms with E-state index in [9.17, 15) is 13.6 Å². The van der Waals surface area contributed by atoms with Gasteiger partial charge in [0, 0.05) is 30.0 Å². The minimum Gasteiger partial charge on any atom is -0.328 e. The van der Waals surface area contributed by atoms with Crippen molar-refractivity contribution in [3.05, 3.63) is 46.5 Å². The van der Waals surface area contributed by atoms with E-state index in [4.69, 9.17) is 5.73 Å². The lowest BCUT2D eigenvalue weighted by Crippen LogP contribution is -2.19. The average molecular weight is 362 g/mol. The standard InChI is InChI=1S/C15H17F2N3OS.ClH/c1-9(18)2-5-14(21)20-15-19-8-11(22-15)6-10-3-4-12(16)13(17)7-10;/h3-4,7-9H,2,5-6,18H2,1H3,(H,19,20,21);1H. The highest BCUT2D eigenvalue weighted by Gasteiger charge is 2.09. The first-order valence-corrected chi connectivity index (χ1v) is 7.69. The number of halogens is 3. The van der Waals surface area contributed by atoms with Crippen LogP contribution in [0.2, 0.25) is 0 Å². The van der Waals surface area contributed by atoms with Crippen LogP contribution in [-0.4, -0.2) is 16.9 Å². The van der Waals surface area contributed by atoms with Crippen LogP contribution in [0.4, 0.5) is 13.9 Å². The van der Waals surface area contributed by atoms with Crippen molar-refractivity contribution in [1.29, 1.82) is 0 Å². The second kappa shape index (κ2) is 8.90. The normalized spacial score (nSPS) is 11.7. The molecule has 0 bridgehead atoms. The van der Waals surface area contributed by atoms with Gasteiger partial charge in [-0.3, -0.25) is 4.79 Å². The molecule has 1 aromatic carbocycles. The first kappa shape index (κ1) is 19.5. The summed E-state index contributed by atoms with van der Waals surface area (Å²) in [5.74, 6) is -1.87. The fourth-order valence-electron chi connectivity index (χ4n) is 1.84. The van der Waals surface area contributed by atoms with Crippen LogP contribution in [0, 0.1) is 11.6 Å². The van der Waals surface area contributed by atoms with Gasteiger partial charge in [-0.1, -0.05) is 6.07 Å². The largest absolute Gasteiger partial charge is 0.328 e. The molecule has 1 heterocycles. The van der Waals surface area contributed by atoms with E-state index in [1.165, 1.54) is 17.4 Å². The second-order valence-corrected chi connectivity index (χ2v) is 6.24. The lowest BCUT2D eigenvalue weighted by molar-refractivity contribution is -0.116. The number of thiazole rings is 1. The Morgan fingerprint density at radius 2 is 2.13 bits per heavy atom. The summed E-state index contributed by atoms with van der Waals surface area (Å²) in [6.07, 6.45) is 3.01. The first-order chi connectivity index (χ1) is 10.4. The molecule has 0 fully saturated rings. The molecule has 23 heavy (non-hydrogen) atoms. The highest BCUT2D eigenvalue weighted by atomic mass is 35.5. The van der Waals surface area contributed by atoms with Crippen molar-refractivity contribution in [1.82, 2.24) is 4.98 Å². The van der Waals surface area contributed by atoms with Gasteiger partial charge in [0.15, 0.2) is 16.8 Å². The van der Waals surface area contributed by atoms with Crippen molar-refractivity contribution in [3.63, 3.8) is 0 Å². The van der Waals surface area contributed by atoms with Gasteiger partial charge in [0.25, 0.3) is 0 Å². The van der Waals surface area contributed by atoms with E-state index >= 15 is 0 Å². The molecule has 0 spiro atoms. The smallest absolute Gasteiger partial charge is 0.226 e. The molecule has 0 radical (unpaired) electrons. The fraction of sp³-hybridized carbons (Fsp3) is 0.333. The molecule has 126 valence electrons. The SMILES string of the molecule is CC(N)CCC(=O)Nc1ncc(Cc2ccc(F)c(F)c2)s1.Cl. The zero-order valence-corrected chi connectivity index (χ0v) is 14.1.